The third-order valence-electron chi connectivity index (χ3n) is 4.35. The van der Waals surface area contributed by atoms with Gasteiger partial charge in [-0.05, 0) is 36.2 Å². The Balaban J connectivity index is 1.48. The molecule has 0 radical (unpaired) electrons. The predicted molar refractivity (Wildman–Crippen MR) is 109 cm³/mol. The Morgan fingerprint density at radius 2 is 2.00 bits per heavy atom. The molecule has 138 valence electrons. The van der Waals surface area contributed by atoms with Crippen molar-refractivity contribution in [3.63, 3.8) is 0 Å². The summed E-state index contributed by atoms with van der Waals surface area (Å²) in [7, 11) is 0. The van der Waals surface area contributed by atoms with E-state index < -0.39 is 0 Å². The summed E-state index contributed by atoms with van der Waals surface area (Å²) < 4.78 is 1.34. The SMILES string of the molecule is Nn1c(SCC(=O)N2CCc3ccccc32)nnc1-c1ccc(Cl)cc1Cl. The summed E-state index contributed by atoms with van der Waals surface area (Å²) in [4.78, 5) is 14.4. The molecular formula is C18H15Cl2N5OS. The molecule has 1 amide bonds. The van der Waals surface area contributed by atoms with Gasteiger partial charge in [-0.1, -0.05) is 53.2 Å². The van der Waals surface area contributed by atoms with Crippen LogP contribution in [0.1, 0.15) is 5.56 Å². The molecule has 0 aliphatic carbocycles. The van der Waals surface area contributed by atoms with E-state index in [0.717, 1.165) is 12.1 Å². The van der Waals surface area contributed by atoms with Gasteiger partial charge in [-0.3, -0.25) is 4.79 Å². The van der Waals surface area contributed by atoms with E-state index in [1.807, 2.05) is 18.2 Å². The Kier molecular flexibility index (Phi) is 4.99. The Bertz CT molecular complexity index is 1020. The first-order chi connectivity index (χ1) is 13.0. The van der Waals surface area contributed by atoms with Crippen molar-refractivity contribution in [2.45, 2.75) is 11.6 Å². The standard InChI is InChI=1S/C18H15Cl2N5OS/c19-12-5-6-13(14(20)9-12)17-22-23-18(25(17)21)27-10-16(26)24-8-7-11-3-1-2-4-15(11)24/h1-6,9H,7-8,10,21H2. The van der Waals surface area contributed by atoms with Crippen molar-refractivity contribution < 1.29 is 4.79 Å². The van der Waals surface area contributed by atoms with Gasteiger partial charge < -0.3 is 10.7 Å². The summed E-state index contributed by atoms with van der Waals surface area (Å²) in [6, 6.07) is 13.0. The minimum atomic E-state index is 0.0130. The van der Waals surface area contributed by atoms with Crippen molar-refractivity contribution in [3.8, 4) is 11.4 Å². The Labute approximate surface area is 170 Å². The molecule has 0 saturated carbocycles. The molecular weight excluding hydrogens is 405 g/mol. The van der Waals surface area contributed by atoms with Gasteiger partial charge in [0.15, 0.2) is 5.82 Å². The van der Waals surface area contributed by atoms with Gasteiger partial charge >= 0.3 is 0 Å². The average Bonchev–Trinajstić information content (AvgIpc) is 3.24. The summed E-state index contributed by atoms with van der Waals surface area (Å²) in [6.07, 6.45) is 0.874. The van der Waals surface area contributed by atoms with Gasteiger partial charge in [0.2, 0.25) is 11.1 Å². The van der Waals surface area contributed by atoms with E-state index >= 15 is 0 Å². The number of fused-ring (bicyclic) bond motifs is 1. The Morgan fingerprint density at radius 3 is 2.81 bits per heavy atom. The molecule has 0 bridgehead atoms. The summed E-state index contributed by atoms with van der Waals surface area (Å²) >= 11 is 13.4. The van der Waals surface area contributed by atoms with Gasteiger partial charge in [-0.2, -0.15) is 0 Å². The number of rotatable bonds is 4. The Hall–Kier alpha value is -2.22. The average molecular weight is 420 g/mol. The van der Waals surface area contributed by atoms with Crippen LogP contribution in [0, 0.1) is 0 Å². The number of carbonyl (C=O) groups is 1. The van der Waals surface area contributed by atoms with Crippen LogP contribution in [-0.4, -0.2) is 33.1 Å². The molecule has 0 unspecified atom stereocenters. The maximum Gasteiger partial charge on any atom is 0.237 e. The normalized spacial score (nSPS) is 13.0. The molecule has 3 aromatic rings. The minimum Gasteiger partial charge on any atom is -0.335 e. The number of hydrogen-bond donors (Lipinski definition) is 1. The van der Waals surface area contributed by atoms with Gasteiger partial charge in [0.05, 0.1) is 10.8 Å². The lowest BCUT2D eigenvalue weighted by molar-refractivity contribution is -0.116. The van der Waals surface area contributed by atoms with E-state index in [2.05, 4.69) is 16.3 Å². The third kappa shape index (κ3) is 3.50. The molecule has 0 atom stereocenters. The van der Waals surface area contributed by atoms with Crippen LogP contribution in [0.4, 0.5) is 5.69 Å². The smallest absolute Gasteiger partial charge is 0.237 e. The fraction of sp³-hybridized carbons (Fsp3) is 0.167. The highest BCUT2D eigenvalue weighted by atomic mass is 35.5. The van der Waals surface area contributed by atoms with Crippen molar-refractivity contribution in [3.05, 3.63) is 58.1 Å². The lowest BCUT2D eigenvalue weighted by Crippen LogP contribution is -2.30. The number of nitrogens with two attached hydrogens (primary N) is 1. The molecule has 0 saturated heterocycles. The lowest BCUT2D eigenvalue weighted by Gasteiger charge is -2.16. The first kappa shape index (κ1) is 18.2. The first-order valence-electron chi connectivity index (χ1n) is 8.21. The molecule has 9 heteroatoms. The van der Waals surface area contributed by atoms with E-state index in [1.165, 1.54) is 22.0 Å². The van der Waals surface area contributed by atoms with Crippen LogP contribution in [0.5, 0.6) is 0 Å². The quantitative estimate of drug-likeness (QED) is 0.515. The van der Waals surface area contributed by atoms with E-state index in [4.69, 9.17) is 29.0 Å². The predicted octanol–water partition coefficient (Wildman–Crippen LogP) is 3.65. The van der Waals surface area contributed by atoms with Crippen LogP contribution in [0.15, 0.2) is 47.6 Å². The fourth-order valence-electron chi connectivity index (χ4n) is 3.03. The van der Waals surface area contributed by atoms with Crippen LogP contribution in [0.25, 0.3) is 11.4 Å². The molecule has 1 aromatic heterocycles. The second kappa shape index (κ2) is 7.42. The molecule has 1 aliphatic heterocycles. The highest BCUT2D eigenvalue weighted by Gasteiger charge is 2.25. The van der Waals surface area contributed by atoms with Gasteiger partial charge in [0.1, 0.15) is 0 Å². The highest BCUT2D eigenvalue weighted by molar-refractivity contribution is 7.99. The van der Waals surface area contributed by atoms with Crippen LogP contribution in [0.3, 0.4) is 0 Å². The summed E-state index contributed by atoms with van der Waals surface area (Å²) in [5, 5.41) is 9.59. The van der Waals surface area contributed by atoms with E-state index in [9.17, 15) is 4.79 Å². The molecule has 27 heavy (non-hydrogen) atoms. The summed E-state index contributed by atoms with van der Waals surface area (Å²) in [5.74, 6) is 6.76. The van der Waals surface area contributed by atoms with Crippen LogP contribution in [0.2, 0.25) is 10.0 Å². The molecule has 4 rings (SSSR count). The van der Waals surface area contributed by atoms with Crippen molar-refractivity contribution in [2.24, 2.45) is 0 Å². The van der Waals surface area contributed by atoms with E-state index in [1.54, 1.807) is 23.1 Å². The molecule has 0 spiro atoms. The maximum absolute atomic E-state index is 12.6. The van der Waals surface area contributed by atoms with Gasteiger partial charge in [-0.25, -0.2) is 4.68 Å². The number of nitrogen functional groups attached to an aromatic ring is 1. The number of carbonyl (C=O) groups excluding carboxylic acids is 1. The zero-order valence-corrected chi connectivity index (χ0v) is 16.4. The summed E-state index contributed by atoms with van der Waals surface area (Å²) in [6.45, 7) is 0.694. The summed E-state index contributed by atoms with van der Waals surface area (Å²) in [5.41, 5.74) is 2.80. The molecule has 2 N–H and O–H groups in total. The van der Waals surface area contributed by atoms with Crippen LogP contribution >= 0.6 is 35.0 Å². The van der Waals surface area contributed by atoms with Gasteiger partial charge in [0.25, 0.3) is 0 Å². The van der Waals surface area contributed by atoms with E-state index in [-0.39, 0.29) is 11.7 Å². The molecule has 0 fully saturated rings. The van der Waals surface area contributed by atoms with Crippen molar-refractivity contribution >= 4 is 46.6 Å². The van der Waals surface area contributed by atoms with Gasteiger partial charge in [-0.15, -0.1) is 10.2 Å². The molecule has 2 heterocycles. The van der Waals surface area contributed by atoms with Crippen molar-refractivity contribution in [2.75, 3.05) is 23.0 Å². The van der Waals surface area contributed by atoms with Crippen molar-refractivity contribution in [1.29, 1.82) is 0 Å². The number of anilines is 1. The Morgan fingerprint density at radius 1 is 1.19 bits per heavy atom. The highest BCUT2D eigenvalue weighted by Crippen LogP contribution is 2.31. The van der Waals surface area contributed by atoms with Crippen molar-refractivity contribution in [1.82, 2.24) is 14.9 Å². The number of amides is 1. The monoisotopic (exact) mass is 419 g/mol. The number of benzene rings is 2. The van der Waals surface area contributed by atoms with Crippen LogP contribution < -0.4 is 10.7 Å². The number of hydrogen-bond acceptors (Lipinski definition) is 5. The maximum atomic E-state index is 12.6. The topological polar surface area (TPSA) is 77.0 Å². The molecule has 1 aliphatic rings. The number of aromatic nitrogens is 3. The second-order valence-electron chi connectivity index (χ2n) is 6.01. The first-order valence-corrected chi connectivity index (χ1v) is 9.95. The van der Waals surface area contributed by atoms with E-state index in [0.29, 0.717) is 33.1 Å². The minimum absolute atomic E-state index is 0.0130. The zero-order valence-electron chi connectivity index (χ0n) is 14.1. The number of halogens is 2. The van der Waals surface area contributed by atoms with Crippen LogP contribution in [-0.2, 0) is 11.2 Å². The number of nitrogens with zero attached hydrogens (tertiary/aromatic N) is 4. The molecule has 2 aromatic carbocycles. The number of para-hydroxylation sites is 1. The number of thioether (sulfide) groups is 1. The van der Waals surface area contributed by atoms with Gasteiger partial charge in [0, 0.05) is 22.8 Å². The zero-order chi connectivity index (χ0) is 19.0. The lowest BCUT2D eigenvalue weighted by atomic mass is 10.2. The molecule has 6 nitrogen and oxygen atoms in total. The third-order valence-corrected chi connectivity index (χ3v) is 5.83. The fourth-order valence-corrected chi connectivity index (χ4v) is 4.26. The largest absolute Gasteiger partial charge is 0.335 e. The second-order valence-corrected chi connectivity index (χ2v) is 7.80.